The van der Waals surface area contributed by atoms with E-state index in [1.807, 2.05) is 12.1 Å². The Kier molecular flexibility index (Phi) is 5.02. The molecular weight excluding hydrogens is 306 g/mol. The summed E-state index contributed by atoms with van der Waals surface area (Å²) in [5.74, 6) is 4.46. The second-order valence-corrected chi connectivity index (χ2v) is 6.73. The fourth-order valence-corrected chi connectivity index (χ4v) is 2.84. The minimum absolute atomic E-state index is 0.0444. The predicted octanol–water partition coefficient (Wildman–Crippen LogP) is 3.33. The summed E-state index contributed by atoms with van der Waals surface area (Å²) in [6.45, 7) is 4.79. The number of nitrogens with zero attached hydrogens (tertiary/aromatic N) is 3. The van der Waals surface area contributed by atoms with Gasteiger partial charge in [0.1, 0.15) is 11.5 Å². The molecule has 0 aromatic carbocycles. The van der Waals surface area contributed by atoms with Crippen molar-refractivity contribution >= 4 is 5.91 Å². The van der Waals surface area contributed by atoms with Crippen molar-refractivity contribution in [1.82, 2.24) is 15.0 Å². The molecule has 1 fully saturated rings. The first kappa shape index (κ1) is 16.7. The maximum Gasteiger partial charge on any atom is 0.227 e. The first-order valence-electron chi connectivity index (χ1n) is 8.70. The normalized spacial score (nSPS) is 19.5. The smallest absolute Gasteiger partial charge is 0.227 e. The van der Waals surface area contributed by atoms with E-state index in [9.17, 15) is 4.79 Å². The Morgan fingerprint density at radius 2 is 2.17 bits per heavy atom. The highest BCUT2D eigenvalue weighted by molar-refractivity contribution is 5.75. The van der Waals surface area contributed by atoms with E-state index < -0.39 is 0 Å². The lowest BCUT2D eigenvalue weighted by Gasteiger charge is -2.15. The van der Waals surface area contributed by atoms with E-state index in [-0.39, 0.29) is 5.91 Å². The summed E-state index contributed by atoms with van der Waals surface area (Å²) in [5, 5.41) is 3.90. The molecule has 3 rings (SSSR count). The quantitative estimate of drug-likeness (QED) is 0.742. The van der Waals surface area contributed by atoms with Gasteiger partial charge >= 0.3 is 0 Å². The third-order valence-corrected chi connectivity index (χ3v) is 4.51. The number of hydrogen-bond donors (Lipinski definition) is 0. The van der Waals surface area contributed by atoms with Crippen LogP contribution >= 0.6 is 0 Å². The number of aryl methyl sites for hydroxylation is 2. The van der Waals surface area contributed by atoms with Gasteiger partial charge in [-0.2, -0.15) is 4.98 Å². The van der Waals surface area contributed by atoms with Crippen LogP contribution in [0.5, 0.6) is 0 Å². The summed E-state index contributed by atoms with van der Waals surface area (Å²) < 4.78 is 11.0. The third-order valence-electron chi connectivity index (χ3n) is 4.51. The number of carbonyl (C=O) groups excluding carboxylic acids is 1. The first-order chi connectivity index (χ1) is 11.6. The molecule has 2 heterocycles. The lowest BCUT2D eigenvalue weighted by atomic mass is 10.2. The highest BCUT2D eigenvalue weighted by atomic mass is 16.5. The van der Waals surface area contributed by atoms with E-state index in [4.69, 9.17) is 8.94 Å². The molecule has 1 aliphatic carbocycles. The van der Waals surface area contributed by atoms with Gasteiger partial charge in [-0.3, -0.25) is 4.79 Å². The third kappa shape index (κ3) is 4.04. The van der Waals surface area contributed by atoms with Crippen molar-refractivity contribution in [2.45, 2.75) is 58.4 Å². The summed E-state index contributed by atoms with van der Waals surface area (Å²) in [4.78, 5) is 18.2. The van der Waals surface area contributed by atoms with E-state index >= 15 is 0 Å². The van der Waals surface area contributed by atoms with E-state index in [0.29, 0.717) is 37.0 Å². The van der Waals surface area contributed by atoms with Crippen LogP contribution in [0.4, 0.5) is 0 Å². The number of furan rings is 1. The Morgan fingerprint density at radius 1 is 1.38 bits per heavy atom. The lowest BCUT2D eigenvalue weighted by Crippen LogP contribution is -2.26. The average Bonchev–Trinajstić information content (AvgIpc) is 2.96. The number of rotatable bonds is 8. The van der Waals surface area contributed by atoms with Crippen LogP contribution in [-0.4, -0.2) is 28.0 Å². The standard InChI is InChI=1S/C18H25N3O3/c1-4-5-16-19-17(24-20-16)8-9-18(22)21(3)11-13-6-7-15(23-13)14-10-12(14)2/h6-7,12,14H,4-5,8-11H2,1-3H3/t12-,14-/m0/s1. The van der Waals surface area contributed by atoms with Crippen molar-refractivity contribution in [2.24, 2.45) is 5.92 Å². The predicted molar refractivity (Wildman–Crippen MR) is 88.3 cm³/mol. The van der Waals surface area contributed by atoms with Crippen LogP contribution in [0.2, 0.25) is 0 Å². The minimum Gasteiger partial charge on any atom is -0.464 e. The summed E-state index contributed by atoms with van der Waals surface area (Å²) in [6, 6.07) is 4.01. The molecule has 0 saturated heterocycles. The van der Waals surface area contributed by atoms with Gasteiger partial charge in [0, 0.05) is 32.2 Å². The Bertz CT molecular complexity index is 691. The van der Waals surface area contributed by atoms with Gasteiger partial charge < -0.3 is 13.8 Å². The maximum absolute atomic E-state index is 12.3. The van der Waals surface area contributed by atoms with E-state index in [0.717, 1.165) is 30.3 Å². The number of aromatic nitrogens is 2. The number of carbonyl (C=O) groups is 1. The molecule has 6 heteroatoms. The monoisotopic (exact) mass is 331 g/mol. The SMILES string of the molecule is CCCc1noc(CCC(=O)N(C)Cc2ccc([C@H]3C[C@@H]3C)o2)n1. The van der Waals surface area contributed by atoms with Gasteiger partial charge in [-0.1, -0.05) is 19.0 Å². The van der Waals surface area contributed by atoms with Crippen LogP contribution < -0.4 is 0 Å². The van der Waals surface area contributed by atoms with Crippen LogP contribution in [0.25, 0.3) is 0 Å². The van der Waals surface area contributed by atoms with Crippen LogP contribution in [-0.2, 0) is 24.2 Å². The van der Waals surface area contributed by atoms with Crippen molar-refractivity contribution < 1.29 is 13.7 Å². The van der Waals surface area contributed by atoms with Gasteiger partial charge in [0.05, 0.1) is 6.54 Å². The molecule has 1 saturated carbocycles. The van der Waals surface area contributed by atoms with Gasteiger partial charge in [0.2, 0.25) is 11.8 Å². The molecule has 6 nitrogen and oxygen atoms in total. The molecule has 0 radical (unpaired) electrons. The molecule has 0 aliphatic heterocycles. The van der Waals surface area contributed by atoms with Crippen LogP contribution in [0, 0.1) is 5.92 Å². The van der Waals surface area contributed by atoms with Crippen molar-refractivity contribution in [1.29, 1.82) is 0 Å². The molecule has 0 N–H and O–H groups in total. The maximum atomic E-state index is 12.3. The average molecular weight is 331 g/mol. The Labute approximate surface area is 142 Å². The molecule has 2 aromatic rings. The Hall–Kier alpha value is -2.11. The van der Waals surface area contributed by atoms with Crippen molar-refractivity contribution in [2.75, 3.05) is 7.05 Å². The molecule has 0 unspecified atom stereocenters. The van der Waals surface area contributed by atoms with Gasteiger partial charge in [0.25, 0.3) is 0 Å². The zero-order valence-electron chi connectivity index (χ0n) is 14.6. The Morgan fingerprint density at radius 3 is 2.88 bits per heavy atom. The minimum atomic E-state index is 0.0444. The number of amides is 1. The molecular formula is C18H25N3O3. The summed E-state index contributed by atoms with van der Waals surface area (Å²) >= 11 is 0. The molecule has 24 heavy (non-hydrogen) atoms. The molecule has 0 spiro atoms. The van der Waals surface area contributed by atoms with Crippen LogP contribution in [0.3, 0.4) is 0 Å². The molecule has 130 valence electrons. The van der Waals surface area contributed by atoms with Gasteiger partial charge in [-0.05, 0) is 30.9 Å². The van der Waals surface area contributed by atoms with Crippen molar-refractivity contribution in [3.63, 3.8) is 0 Å². The zero-order valence-corrected chi connectivity index (χ0v) is 14.6. The van der Waals surface area contributed by atoms with Gasteiger partial charge in [-0.25, -0.2) is 0 Å². The highest BCUT2D eigenvalue weighted by Crippen LogP contribution is 2.47. The van der Waals surface area contributed by atoms with E-state index in [1.54, 1.807) is 11.9 Å². The molecule has 2 atom stereocenters. The second-order valence-electron chi connectivity index (χ2n) is 6.73. The second kappa shape index (κ2) is 7.20. The molecule has 0 bridgehead atoms. The van der Waals surface area contributed by atoms with Crippen LogP contribution in [0.1, 0.15) is 62.3 Å². The van der Waals surface area contributed by atoms with Gasteiger partial charge in [0.15, 0.2) is 5.82 Å². The largest absolute Gasteiger partial charge is 0.464 e. The molecule has 1 aliphatic rings. The van der Waals surface area contributed by atoms with E-state index in [1.165, 1.54) is 6.42 Å². The summed E-state index contributed by atoms with van der Waals surface area (Å²) in [6.07, 6.45) is 3.81. The summed E-state index contributed by atoms with van der Waals surface area (Å²) in [5.41, 5.74) is 0. The van der Waals surface area contributed by atoms with Gasteiger partial charge in [-0.15, -0.1) is 0 Å². The van der Waals surface area contributed by atoms with Crippen molar-refractivity contribution in [3.05, 3.63) is 35.4 Å². The number of hydrogen-bond acceptors (Lipinski definition) is 5. The van der Waals surface area contributed by atoms with Crippen molar-refractivity contribution in [3.8, 4) is 0 Å². The van der Waals surface area contributed by atoms with E-state index in [2.05, 4.69) is 24.0 Å². The van der Waals surface area contributed by atoms with Crippen LogP contribution in [0.15, 0.2) is 21.1 Å². The Balaban J connectivity index is 1.46. The molecule has 1 amide bonds. The topological polar surface area (TPSA) is 72.4 Å². The molecule has 2 aromatic heterocycles. The summed E-state index contributed by atoms with van der Waals surface area (Å²) in [7, 11) is 1.79. The first-order valence-corrected chi connectivity index (χ1v) is 8.70. The fraction of sp³-hybridized carbons (Fsp3) is 0.611. The fourth-order valence-electron chi connectivity index (χ4n) is 2.84. The highest BCUT2D eigenvalue weighted by Gasteiger charge is 2.36. The zero-order chi connectivity index (χ0) is 17.1. The lowest BCUT2D eigenvalue weighted by molar-refractivity contribution is -0.130.